The Morgan fingerprint density at radius 2 is 1.42 bits per heavy atom. The van der Waals surface area contributed by atoms with Crippen molar-refractivity contribution in [1.82, 2.24) is 5.32 Å². The van der Waals surface area contributed by atoms with Crippen LogP contribution < -0.4 is 5.32 Å². The molecule has 1 N–H and O–H groups in total. The predicted molar refractivity (Wildman–Crippen MR) is 49.2 cm³/mol. The lowest BCUT2D eigenvalue weighted by Crippen LogP contribution is -2.60. The van der Waals surface area contributed by atoms with Crippen LogP contribution in [0.4, 0.5) is 0 Å². The van der Waals surface area contributed by atoms with Crippen LogP contribution in [0.1, 0.15) is 40.5 Å². The summed E-state index contributed by atoms with van der Waals surface area (Å²) >= 11 is 0. The van der Waals surface area contributed by atoms with E-state index < -0.39 is 0 Å². The molecule has 2 aliphatic heterocycles. The van der Waals surface area contributed by atoms with Crippen LogP contribution >= 0.6 is 0 Å². The summed E-state index contributed by atoms with van der Waals surface area (Å²) in [5, 5.41) is 3.65. The zero-order valence-corrected chi connectivity index (χ0v) is 8.53. The summed E-state index contributed by atoms with van der Waals surface area (Å²) in [5.74, 6) is 0. The van der Waals surface area contributed by atoms with Gasteiger partial charge in [0, 0.05) is 11.1 Å². The highest BCUT2D eigenvalue weighted by Gasteiger charge is 2.55. The minimum absolute atomic E-state index is 0.234. The Hall–Kier alpha value is -0.0800. The van der Waals surface area contributed by atoms with Crippen molar-refractivity contribution in [2.45, 2.75) is 57.2 Å². The molecular weight excluding hydrogens is 150 g/mol. The van der Waals surface area contributed by atoms with Gasteiger partial charge in [-0.3, -0.25) is 0 Å². The summed E-state index contributed by atoms with van der Waals surface area (Å²) in [6.07, 6.45) is 2.31. The SMILES string of the molecule is CC1(C)CC2(CO2)CC(C)(C)N1. The summed E-state index contributed by atoms with van der Waals surface area (Å²) in [7, 11) is 0. The fourth-order valence-electron chi connectivity index (χ4n) is 2.98. The molecular formula is C10H19NO. The van der Waals surface area contributed by atoms with Crippen LogP contribution in [-0.4, -0.2) is 23.3 Å². The summed E-state index contributed by atoms with van der Waals surface area (Å²) < 4.78 is 5.57. The molecule has 0 aromatic heterocycles. The third-order valence-corrected chi connectivity index (χ3v) is 2.76. The van der Waals surface area contributed by atoms with Gasteiger partial charge in [-0.25, -0.2) is 0 Å². The van der Waals surface area contributed by atoms with E-state index in [2.05, 4.69) is 33.0 Å². The Labute approximate surface area is 74.7 Å². The van der Waals surface area contributed by atoms with E-state index in [4.69, 9.17) is 4.74 Å². The maximum atomic E-state index is 5.57. The van der Waals surface area contributed by atoms with Gasteiger partial charge in [-0.15, -0.1) is 0 Å². The van der Waals surface area contributed by atoms with E-state index in [0.717, 1.165) is 19.4 Å². The van der Waals surface area contributed by atoms with Gasteiger partial charge in [0.25, 0.3) is 0 Å². The highest BCUT2D eigenvalue weighted by Crippen LogP contribution is 2.46. The van der Waals surface area contributed by atoms with Crippen molar-refractivity contribution in [2.75, 3.05) is 6.61 Å². The van der Waals surface area contributed by atoms with E-state index in [-0.39, 0.29) is 16.7 Å². The highest BCUT2D eigenvalue weighted by atomic mass is 16.6. The number of ether oxygens (including phenoxy) is 1. The quantitative estimate of drug-likeness (QED) is 0.558. The van der Waals surface area contributed by atoms with Crippen molar-refractivity contribution in [3.8, 4) is 0 Å². The third-order valence-electron chi connectivity index (χ3n) is 2.76. The molecule has 12 heavy (non-hydrogen) atoms. The first-order valence-corrected chi connectivity index (χ1v) is 4.76. The molecule has 0 amide bonds. The van der Waals surface area contributed by atoms with Crippen LogP contribution in [0.5, 0.6) is 0 Å². The summed E-state index contributed by atoms with van der Waals surface area (Å²) in [4.78, 5) is 0. The second kappa shape index (κ2) is 2.05. The topological polar surface area (TPSA) is 24.6 Å². The van der Waals surface area contributed by atoms with Gasteiger partial charge in [0.1, 0.15) is 0 Å². The van der Waals surface area contributed by atoms with Crippen LogP contribution in [0.25, 0.3) is 0 Å². The molecule has 2 rings (SSSR count). The summed E-state index contributed by atoms with van der Waals surface area (Å²) in [6, 6.07) is 0. The molecule has 2 heterocycles. The van der Waals surface area contributed by atoms with Crippen molar-refractivity contribution in [1.29, 1.82) is 0 Å². The molecule has 0 aromatic carbocycles. The minimum atomic E-state index is 0.234. The van der Waals surface area contributed by atoms with Crippen molar-refractivity contribution in [3.63, 3.8) is 0 Å². The van der Waals surface area contributed by atoms with Crippen LogP contribution in [0.3, 0.4) is 0 Å². The third kappa shape index (κ3) is 1.50. The molecule has 0 unspecified atom stereocenters. The molecule has 2 nitrogen and oxygen atoms in total. The molecule has 0 radical (unpaired) electrons. The van der Waals surface area contributed by atoms with Gasteiger partial charge in [-0.05, 0) is 40.5 Å². The first kappa shape index (κ1) is 8.52. The smallest absolute Gasteiger partial charge is 0.0951 e. The predicted octanol–water partition coefficient (Wildman–Crippen LogP) is 1.70. The monoisotopic (exact) mass is 169 g/mol. The van der Waals surface area contributed by atoms with E-state index in [9.17, 15) is 0 Å². The maximum Gasteiger partial charge on any atom is 0.0951 e. The Morgan fingerprint density at radius 3 is 1.75 bits per heavy atom. The lowest BCUT2D eigenvalue weighted by Gasteiger charge is -2.45. The second-order valence-electron chi connectivity index (χ2n) is 5.72. The zero-order chi connectivity index (χ0) is 9.04. The van der Waals surface area contributed by atoms with E-state index in [1.807, 2.05) is 0 Å². The standard InChI is InChI=1S/C10H19NO/c1-8(2)5-10(7-12-10)6-9(3,4)11-8/h11H,5-7H2,1-4H3. The van der Waals surface area contributed by atoms with Crippen LogP contribution in [0.2, 0.25) is 0 Å². The molecule has 70 valence electrons. The van der Waals surface area contributed by atoms with Gasteiger partial charge >= 0.3 is 0 Å². The first-order valence-electron chi connectivity index (χ1n) is 4.76. The van der Waals surface area contributed by atoms with Crippen LogP contribution in [-0.2, 0) is 4.74 Å². The van der Waals surface area contributed by atoms with E-state index in [1.54, 1.807) is 0 Å². The largest absolute Gasteiger partial charge is 0.369 e. The maximum absolute atomic E-state index is 5.57. The average Bonchev–Trinajstić information content (AvgIpc) is 2.37. The fraction of sp³-hybridized carbons (Fsp3) is 1.00. The van der Waals surface area contributed by atoms with Gasteiger partial charge in [0.05, 0.1) is 12.2 Å². The lowest BCUT2D eigenvalue weighted by molar-refractivity contribution is 0.0953. The van der Waals surface area contributed by atoms with Crippen molar-refractivity contribution in [3.05, 3.63) is 0 Å². The molecule has 1 spiro atoms. The molecule has 2 saturated heterocycles. The Bertz CT molecular complexity index is 172. The Balaban J connectivity index is 2.17. The molecule has 0 bridgehead atoms. The number of epoxide rings is 1. The van der Waals surface area contributed by atoms with Gasteiger partial charge in [-0.2, -0.15) is 0 Å². The van der Waals surface area contributed by atoms with Gasteiger partial charge in [0.15, 0.2) is 0 Å². The normalized spacial score (nSPS) is 35.0. The van der Waals surface area contributed by atoms with Crippen molar-refractivity contribution < 1.29 is 4.74 Å². The number of hydrogen-bond acceptors (Lipinski definition) is 2. The lowest BCUT2D eigenvalue weighted by atomic mass is 9.76. The molecule has 2 heteroatoms. The van der Waals surface area contributed by atoms with Gasteiger partial charge < -0.3 is 10.1 Å². The molecule has 0 atom stereocenters. The zero-order valence-electron chi connectivity index (χ0n) is 8.53. The molecule has 2 aliphatic rings. The fourth-order valence-corrected chi connectivity index (χ4v) is 2.98. The molecule has 2 fully saturated rings. The summed E-state index contributed by atoms with van der Waals surface area (Å²) in [5.41, 5.74) is 0.703. The van der Waals surface area contributed by atoms with Crippen LogP contribution in [0, 0.1) is 0 Å². The first-order chi connectivity index (χ1) is 5.33. The van der Waals surface area contributed by atoms with E-state index in [0.29, 0.717) is 0 Å². The minimum Gasteiger partial charge on any atom is -0.369 e. The molecule has 0 aromatic rings. The van der Waals surface area contributed by atoms with E-state index in [1.165, 1.54) is 0 Å². The van der Waals surface area contributed by atoms with Crippen LogP contribution in [0.15, 0.2) is 0 Å². The number of rotatable bonds is 0. The van der Waals surface area contributed by atoms with Gasteiger partial charge in [0.2, 0.25) is 0 Å². The molecule has 0 aliphatic carbocycles. The second-order valence-corrected chi connectivity index (χ2v) is 5.72. The van der Waals surface area contributed by atoms with E-state index >= 15 is 0 Å². The average molecular weight is 169 g/mol. The molecule has 0 saturated carbocycles. The van der Waals surface area contributed by atoms with Crippen molar-refractivity contribution in [2.24, 2.45) is 0 Å². The Kier molecular flexibility index (Phi) is 1.45. The van der Waals surface area contributed by atoms with Gasteiger partial charge in [-0.1, -0.05) is 0 Å². The number of piperidine rings is 1. The van der Waals surface area contributed by atoms with Crippen molar-refractivity contribution >= 4 is 0 Å². The number of nitrogens with one attached hydrogen (secondary N) is 1. The number of hydrogen-bond donors (Lipinski definition) is 1. The Morgan fingerprint density at radius 1 is 1.00 bits per heavy atom. The summed E-state index contributed by atoms with van der Waals surface area (Å²) in [6.45, 7) is 10.0. The highest BCUT2D eigenvalue weighted by molar-refractivity contribution is 5.10.